The molecule has 7 atom stereocenters. The molecular weight excluding hydrogens is 654 g/mol. The number of aromatic amines is 2. The van der Waals surface area contributed by atoms with E-state index in [1.54, 1.807) is 7.11 Å². The first-order valence-corrected chi connectivity index (χ1v) is 18.5. The second-order valence-corrected chi connectivity index (χ2v) is 15.4. The second-order valence-electron chi connectivity index (χ2n) is 15.4. The highest BCUT2D eigenvalue weighted by Gasteiger charge is 2.61. The van der Waals surface area contributed by atoms with Gasteiger partial charge in [-0.25, -0.2) is 14.8 Å². The highest BCUT2D eigenvalue weighted by atomic mass is 16.5. The summed E-state index contributed by atoms with van der Waals surface area (Å²) < 4.78 is 10.2. The topological polar surface area (TPSA) is 137 Å². The SMILES string of the molecule is COC[C@@H]1CN[C@H](c2nc3ccc4cc(-c5ccc6c(ccc7nc([C@@H]8C[C@H]9[C@@H](C)[C@H]9N8C(=O)[C@@H](NC(=O)OC)C(C)C)[nH]c76)c5)ccc4c3[nH]2)C1. The van der Waals surface area contributed by atoms with Gasteiger partial charge < -0.3 is 35.0 Å². The van der Waals surface area contributed by atoms with Crippen LogP contribution in [0.1, 0.15) is 57.3 Å². The third kappa shape index (κ3) is 5.40. The molecule has 1 saturated carbocycles. The molecule has 2 aromatic heterocycles. The van der Waals surface area contributed by atoms with Crippen LogP contribution in [-0.4, -0.2) is 76.3 Å². The molecule has 2 aliphatic heterocycles. The number of methoxy groups -OCH3 is 2. The minimum absolute atomic E-state index is 0.0804. The molecule has 0 spiro atoms. The lowest BCUT2D eigenvalue weighted by Crippen LogP contribution is -2.52. The summed E-state index contributed by atoms with van der Waals surface area (Å²) in [6, 6.07) is 21.2. The second kappa shape index (κ2) is 12.6. The number of amides is 2. The van der Waals surface area contributed by atoms with Crippen LogP contribution >= 0.6 is 0 Å². The average molecular weight is 700 g/mol. The van der Waals surface area contributed by atoms with Crippen molar-refractivity contribution in [1.82, 2.24) is 35.5 Å². The highest BCUT2D eigenvalue weighted by Crippen LogP contribution is 2.57. The number of carbonyl (C=O) groups is 2. The molecule has 11 heteroatoms. The molecule has 11 nitrogen and oxygen atoms in total. The first kappa shape index (κ1) is 32.9. The quantitative estimate of drug-likeness (QED) is 0.134. The number of hydrogen-bond acceptors (Lipinski definition) is 7. The molecule has 6 aromatic rings. The molecule has 4 N–H and O–H groups in total. The number of benzene rings is 4. The summed E-state index contributed by atoms with van der Waals surface area (Å²) in [6.07, 6.45) is 1.26. The predicted octanol–water partition coefficient (Wildman–Crippen LogP) is 7.00. The summed E-state index contributed by atoms with van der Waals surface area (Å²) in [5.74, 6) is 2.96. The molecule has 2 amide bonds. The van der Waals surface area contributed by atoms with Gasteiger partial charge in [-0.2, -0.15) is 0 Å². The number of alkyl carbamates (subject to hydrolysis) is 1. The summed E-state index contributed by atoms with van der Waals surface area (Å²) in [4.78, 5) is 45.4. The Bertz CT molecular complexity index is 2360. The lowest BCUT2D eigenvalue weighted by molar-refractivity contribution is -0.137. The van der Waals surface area contributed by atoms with Gasteiger partial charge in [0, 0.05) is 30.5 Å². The van der Waals surface area contributed by atoms with Crippen LogP contribution in [0.15, 0.2) is 60.7 Å². The largest absolute Gasteiger partial charge is 0.453 e. The van der Waals surface area contributed by atoms with Gasteiger partial charge >= 0.3 is 6.09 Å². The number of imidazole rings is 2. The van der Waals surface area contributed by atoms with E-state index < -0.39 is 12.1 Å². The highest BCUT2D eigenvalue weighted by molar-refractivity contribution is 6.07. The van der Waals surface area contributed by atoms with Crippen molar-refractivity contribution in [1.29, 1.82) is 0 Å². The molecule has 3 aliphatic rings. The van der Waals surface area contributed by atoms with Gasteiger partial charge in [0.15, 0.2) is 0 Å². The first-order chi connectivity index (χ1) is 25.2. The van der Waals surface area contributed by atoms with Gasteiger partial charge in [-0.1, -0.05) is 57.2 Å². The van der Waals surface area contributed by atoms with E-state index in [-0.39, 0.29) is 30.0 Å². The van der Waals surface area contributed by atoms with Gasteiger partial charge in [-0.3, -0.25) is 4.79 Å². The molecule has 0 unspecified atom stereocenters. The molecule has 3 fully saturated rings. The van der Waals surface area contributed by atoms with Crippen LogP contribution in [0.5, 0.6) is 0 Å². The number of likely N-dealkylation sites (tertiary alicyclic amines) is 1. The lowest BCUT2D eigenvalue weighted by Gasteiger charge is -2.32. The van der Waals surface area contributed by atoms with Crippen molar-refractivity contribution >= 4 is 55.6 Å². The molecule has 0 radical (unpaired) electrons. The van der Waals surface area contributed by atoms with Crippen LogP contribution in [0, 0.1) is 23.7 Å². The smallest absolute Gasteiger partial charge is 0.407 e. The number of nitrogens with zero attached hydrogens (tertiary/aromatic N) is 3. The normalized spacial score (nSPS) is 24.7. The number of rotatable bonds is 8. The number of nitrogens with one attached hydrogen (secondary N) is 4. The van der Waals surface area contributed by atoms with E-state index in [2.05, 4.69) is 88.2 Å². The number of carbonyl (C=O) groups excluding carboxylic acids is 2. The maximum atomic E-state index is 14.0. The number of ether oxygens (including phenoxy) is 2. The lowest BCUT2D eigenvalue weighted by atomic mass is 9.98. The number of fused-ring (bicyclic) bond motifs is 7. The van der Waals surface area contributed by atoms with Gasteiger partial charge in [-0.05, 0) is 82.7 Å². The van der Waals surface area contributed by atoms with Crippen molar-refractivity contribution < 1.29 is 19.1 Å². The van der Waals surface area contributed by atoms with Crippen molar-refractivity contribution in [3.05, 3.63) is 72.3 Å². The first-order valence-electron chi connectivity index (χ1n) is 18.5. The zero-order valence-electron chi connectivity index (χ0n) is 30.2. The molecular formula is C41H45N7O4. The van der Waals surface area contributed by atoms with E-state index in [4.69, 9.17) is 19.4 Å². The van der Waals surface area contributed by atoms with Crippen LogP contribution < -0.4 is 10.6 Å². The number of hydrogen-bond donors (Lipinski definition) is 4. The van der Waals surface area contributed by atoms with E-state index in [0.29, 0.717) is 17.8 Å². The standard InChI is InChI=1S/C41H45N7O4/c1-20(2)34(47-41(50)52-5)40(49)48-33(17-29-21(3)37(29)48)39-44-31-13-9-26-16-24(7-11-28(26)36(31)46-39)23-6-10-27-25(15-23)8-12-30-35(27)45-38(43-30)32-14-22(18-42-32)19-51-4/h6-13,15-16,20-22,29,32-34,37,42H,14,17-19H2,1-5H3,(H,43,45)(H,44,46)(H,47,50)/t21-,22+,29+,32+,33+,34+,37-/m1/s1. The number of aromatic nitrogens is 4. The van der Waals surface area contributed by atoms with Crippen molar-refractivity contribution in [3.63, 3.8) is 0 Å². The zero-order chi connectivity index (χ0) is 35.8. The number of piperidine rings is 1. The Morgan fingerprint density at radius 2 is 1.52 bits per heavy atom. The minimum Gasteiger partial charge on any atom is -0.453 e. The molecule has 2 saturated heterocycles. The molecule has 268 valence electrons. The summed E-state index contributed by atoms with van der Waals surface area (Å²) in [5.41, 5.74) is 6.18. The van der Waals surface area contributed by atoms with Crippen molar-refractivity contribution in [3.8, 4) is 11.1 Å². The van der Waals surface area contributed by atoms with Crippen molar-refractivity contribution in [2.45, 2.75) is 57.8 Å². The monoisotopic (exact) mass is 699 g/mol. The van der Waals surface area contributed by atoms with Gasteiger partial charge in [0.2, 0.25) is 5.91 Å². The Hall–Kier alpha value is -5.00. The van der Waals surface area contributed by atoms with Gasteiger partial charge in [0.05, 0.1) is 47.9 Å². The molecule has 9 rings (SSSR count). The Kier molecular flexibility index (Phi) is 7.96. The summed E-state index contributed by atoms with van der Waals surface area (Å²) in [6.45, 7) is 7.78. The average Bonchev–Trinajstić information content (AvgIpc) is 3.77. The van der Waals surface area contributed by atoms with Crippen molar-refractivity contribution in [2.75, 3.05) is 27.4 Å². The Morgan fingerprint density at radius 1 is 0.885 bits per heavy atom. The third-order valence-electron chi connectivity index (χ3n) is 11.9. The molecule has 1 aliphatic carbocycles. The van der Waals surface area contributed by atoms with Gasteiger partial charge in [0.1, 0.15) is 17.7 Å². The van der Waals surface area contributed by atoms with Gasteiger partial charge in [-0.15, -0.1) is 0 Å². The van der Waals surface area contributed by atoms with E-state index >= 15 is 0 Å². The fourth-order valence-corrected chi connectivity index (χ4v) is 9.04. The van der Waals surface area contributed by atoms with Crippen LogP contribution in [-0.2, 0) is 14.3 Å². The zero-order valence-corrected chi connectivity index (χ0v) is 30.2. The van der Waals surface area contributed by atoms with Crippen LogP contribution in [0.3, 0.4) is 0 Å². The van der Waals surface area contributed by atoms with Crippen molar-refractivity contribution in [2.24, 2.45) is 23.7 Å². The van der Waals surface area contributed by atoms with Gasteiger partial charge in [0.25, 0.3) is 0 Å². The molecule has 4 aromatic carbocycles. The predicted molar refractivity (Wildman–Crippen MR) is 202 cm³/mol. The van der Waals surface area contributed by atoms with Crippen LogP contribution in [0.4, 0.5) is 4.79 Å². The molecule has 4 heterocycles. The molecule has 52 heavy (non-hydrogen) atoms. The Labute approximate surface area is 301 Å². The molecule has 0 bridgehead atoms. The summed E-state index contributed by atoms with van der Waals surface area (Å²) in [7, 11) is 3.08. The maximum absolute atomic E-state index is 14.0. The van der Waals surface area contributed by atoms with E-state index in [0.717, 1.165) is 92.4 Å². The fraction of sp³-hybridized carbons (Fsp3) is 0.415. The van der Waals surface area contributed by atoms with E-state index in [1.807, 2.05) is 18.7 Å². The summed E-state index contributed by atoms with van der Waals surface area (Å²) in [5, 5.41) is 10.9. The fourth-order valence-electron chi connectivity index (χ4n) is 9.04. The summed E-state index contributed by atoms with van der Waals surface area (Å²) >= 11 is 0. The minimum atomic E-state index is -0.674. The Morgan fingerprint density at radius 3 is 2.13 bits per heavy atom. The maximum Gasteiger partial charge on any atom is 0.407 e. The third-order valence-corrected chi connectivity index (χ3v) is 11.9. The van der Waals surface area contributed by atoms with Crippen LogP contribution in [0.2, 0.25) is 0 Å². The van der Waals surface area contributed by atoms with Crippen LogP contribution in [0.25, 0.3) is 54.7 Å². The van der Waals surface area contributed by atoms with E-state index in [9.17, 15) is 9.59 Å². The van der Waals surface area contributed by atoms with E-state index in [1.165, 1.54) is 7.11 Å². The Balaban J connectivity index is 1.00. The number of H-pyrrole nitrogens is 2.